The lowest BCUT2D eigenvalue weighted by Crippen LogP contribution is -2.23. The molecule has 0 radical (unpaired) electrons. The second-order valence-corrected chi connectivity index (χ2v) is 7.09. The first kappa shape index (κ1) is 21.4. The largest absolute Gasteiger partial charge is 0.394 e. The summed E-state index contributed by atoms with van der Waals surface area (Å²) in [5.41, 5.74) is -1.11. The number of aliphatic hydroxyl groups excluding tert-OH is 1. The first-order valence-electron chi connectivity index (χ1n) is 9.50. The Labute approximate surface area is 178 Å². The van der Waals surface area contributed by atoms with E-state index in [1.54, 1.807) is 6.92 Å². The fourth-order valence-corrected chi connectivity index (χ4v) is 3.23. The molecule has 1 atom stereocenters. The summed E-state index contributed by atoms with van der Waals surface area (Å²) in [6, 6.07) is 7.54. The van der Waals surface area contributed by atoms with E-state index in [1.165, 1.54) is 12.1 Å². The smallest absolute Gasteiger partial charge is 0.256 e. The molecule has 0 unspecified atom stereocenters. The Morgan fingerprint density at radius 3 is 2.31 bits per heavy atom. The predicted molar refractivity (Wildman–Crippen MR) is 111 cm³/mol. The topological polar surface area (TPSA) is 80.0 Å². The minimum Gasteiger partial charge on any atom is -0.394 e. The van der Waals surface area contributed by atoms with Crippen molar-refractivity contribution in [2.24, 2.45) is 0 Å². The minimum absolute atomic E-state index is 0.0106. The Kier molecular flexibility index (Phi) is 5.62. The maximum absolute atomic E-state index is 14.6. The van der Waals surface area contributed by atoms with Crippen LogP contribution in [0.1, 0.15) is 6.92 Å². The van der Waals surface area contributed by atoms with Crippen LogP contribution in [0.2, 0.25) is 0 Å². The van der Waals surface area contributed by atoms with Crippen molar-refractivity contribution in [3.63, 3.8) is 0 Å². The molecule has 2 aromatic carbocycles. The van der Waals surface area contributed by atoms with Gasteiger partial charge < -0.3 is 10.4 Å². The highest BCUT2D eigenvalue weighted by molar-refractivity contribution is 5.92. The number of aliphatic hydroxyl groups is 1. The molecule has 0 saturated carbocycles. The lowest BCUT2D eigenvalue weighted by molar-refractivity contribution is 0.281. The fourth-order valence-electron chi connectivity index (χ4n) is 3.23. The molecule has 2 N–H and O–H groups in total. The van der Waals surface area contributed by atoms with Crippen molar-refractivity contribution in [2.45, 2.75) is 13.0 Å². The number of rotatable bonds is 5. The van der Waals surface area contributed by atoms with Gasteiger partial charge in [-0.05, 0) is 37.3 Å². The van der Waals surface area contributed by atoms with E-state index in [1.807, 2.05) is 0 Å². The van der Waals surface area contributed by atoms with Gasteiger partial charge >= 0.3 is 0 Å². The number of fused-ring (bicyclic) bond motifs is 1. The van der Waals surface area contributed by atoms with E-state index in [2.05, 4.69) is 15.3 Å². The van der Waals surface area contributed by atoms with Gasteiger partial charge in [0.15, 0.2) is 5.65 Å². The number of hydrogen-bond donors (Lipinski definition) is 2. The second kappa shape index (κ2) is 8.39. The van der Waals surface area contributed by atoms with E-state index in [9.17, 15) is 27.5 Å². The second-order valence-electron chi connectivity index (χ2n) is 7.09. The van der Waals surface area contributed by atoms with Gasteiger partial charge in [-0.3, -0.25) is 9.36 Å². The zero-order valence-electron chi connectivity index (χ0n) is 16.6. The zero-order valence-corrected chi connectivity index (χ0v) is 16.6. The third-order valence-electron chi connectivity index (χ3n) is 4.74. The molecular weight excluding hydrogens is 428 g/mol. The maximum Gasteiger partial charge on any atom is 0.256 e. The number of halogens is 4. The first-order chi connectivity index (χ1) is 15.3. The van der Waals surface area contributed by atoms with Crippen LogP contribution in [0.5, 0.6) is 0 Å². The van der Waals surface area contributed by atoms with Crippen LogP contribution in [0.25, 0.3) is 28.0 Å². The number of pyridine rings is 1. The highest BCUT2D eigenvalue weighted by atomic mass is 19.1. The van der Waals surface area contributed by atoms with Crippen LogP contribution in [0.15, 0.2) is 53.3 Å². The molecule has 10 heteroatoms. The van der Waals surface area contributed by atoms with Crippen LogP contribution in [-0.4, -0.2) is 32.3 Å². The number of benzene rings is 2. The summed E-state index contributed by atoms with van der Waals surface area (Å²) in [6.07, 6.45) is 0. The molecule has 0 aliphatic carbocycles. The van der Waals surface area contributed by atoms with Gasteiger partial charge in [-0.15, -0.1) is 0 Å². The van der Waals surface area contributed by atoms with Crippen molar-refractivity contribution in [2.75, 3.05) is 11.9 Å². The first-order valence-corrected chi connectivity index (χ1v) is 9.50. The summed E-state index contributed by atoms with van der Waals surface area (Å²) in [5, 5.41) is 12.3. The molecule has 164 valence electrons. The van der Waals surface area contributed by atoms with Crippen molar-refractivity contribution in [1.29, 1.82) is 0 Å². The molecule has 32 heavy (non-hydrogen) atoms. The van der Waals surface area contributed by atoms with Crippen LogP contribution in [0, 0.1) is 23.3 Å². The standard InChI is InChI=1S/C22H16F4N4O2/c1-11(10-31)27-22-28-20(14-4-2-12(23)8-16(14)25)15-5-7-19(32)30(21(15)29-22)18-6-3-13(24)9-17(18)26/h2-9,11,31H,10H2,1H3,(H,27,28,29)/t11-/m0/s1. The molecule has 0 bridgehead atoms. The van der Waals surface area contributed by atoms with Crippen LogP contribution >= 0.6 is 0 Å². The Hall–Kier alpha value is -3.79. The van der Waals surface area contributed by atoms with Gasteiger partial charge in [0.25, 0.3) is 5.56 Å². The summed E-state index contributed by atoms with van der Waals surface area (Å²) in [5.74, 6) is -3.62. The third-order valence-corrected chi connectivity index (χ3v) is 4.74. The fraction of sp³-hybridized carbons (Fsp3) is 0.136. The van der Waals surface area contributed by atoms with Crippen molar-refractivity contribution in [3.8, 4) is 16.9 Å². The minimum atomic E-state index is -1.01. The molecule has 4 rings (SSSR count). The third kappa shape index (κ3) is 3.92. The maximum atomic E-state index is 14.6. The Morgan fingerprint density at radius 1 is 0.969 bits per heavy atom. The van der Waals surface area contributed by atoms with E-state index >= 15 is 0 Å². The van der Waals surface area contributed by atoms with Crippen molar-refractivity contribution in [3.05, 3.63) is 82.2 Å². The molecule has 0 fully saturated rings. The molecule has 0 amide bonds. The summed E-state index contributed by atoms with van der Waals surface area (Å²) in [4.78, 5) is 21.2. The Balaban J connectivity index is 2.09. The quantitative estimate of drug-likeness (QED) is 0.458. The van der Waals surface area contributed by atoms with Crippen molar-refractivity contribution < 1.29 is 22.7 Å². The predicted octanol–water partition coefficient (Wildman–Crippen LogP) is 3.80. The summed E-state index contributed by atoms with van der Waals surface area (Å²) in [6.45, 7) is 1.35. The molecule has 2 aromatic heterocycles. The normalized spacial score (nSPS) is 12.2. The number of aromatic nitrogens is 3. The SMILES string of the molecule is C[C@@H](CO)Nc1nc(-c2ccc(F)cc2F)c2ccc(=O)n(-c3ccc(F)cc3F)c2n1. The molecule has 0 saturated heterocycles. The molecule has 0 spiro atoms. The van der Waals surface area contributed by atoms with Gasteiger partial charge in [0.1, 0.15) is 23.3 Å². The summed E-state index contributed by atoms with van der Waals surface area (Å²) < 4.78 is 56.9. The van der Waals surface area contributed by atoms with E-state index in [-0.39, 0.29) is 40.5 Å². The number of anilines is 1. The zero-order chi connectivity index (χ0) is 23.0. The number of nitrogens with one attached hydrogen (secondary N) is 1. The lowest BCUT2D eigenvalue weighted by Gasteiger charge is -2.16. The molecule has 0 aliphatic heterocycles. The molecule has 4 aromatic rings. The molecule has 6 nitrogen and oxygen atoms in total. The monoisotopic (exact) mass is 444 g/mol. The van der Waals surface area contributed by atoms with E-state index in [0.29, 0.717) is 12.1 Å². The molecular formula is C22H16F4N4O2. The van der Waals surface area contributed by atoms with Crippen LogP contribution in [-0.2, 0) is 0 Å². The number of nitrogens with zero attached hydrogens (tertiary/aromatic N) is 3. The van der Waals surface area contributed by atoms with E-state index < -0.39 is 34.9 Å². The van der Waals surface area contributed by atoms with Gasteiger partial charge in [-0.1, -0.05) is 0 Å². The molecule has 0 aliphatic rings. The Morgan fingerprint density at radius 2 is 1.66 bits per heavy atom. The highest BCUT2D eigenvalue weighted by Crippen LogP contribution is 2.30. The van der Waals surface area contributed by atoms with Crippen LogP contribution in [0.4, 0.5) is 23.5 Å². The van der Waals surface area contributed by atoms with Crippen LogP contribution < -0.4 is 10.9 Å². The summed E-state index contributed by atoms with van der Waals surface area (Å²) >= 11 is 0. The average molecular weight is 444 g/mol. The van der Waals surface area contributed by atoms with Crippen molar-refractivity contribution in [1.82, 2.24) is 14.5 Å². The lowest BCUT2D eigenvalue weighted by atomic mass is 10.1. The van der Waals surface area contributed by atoms with Gasteiger partial charge in [0.2, 0.25) is 5.95 Å². The van der Waals surface area contributed by atoms with Crippen LogP contribution in [0.3, 0.4) is 0 Å². The van der Waals surface area contributed by atoms with E-state index in [0.717, 1.165) is 28.8 Å². The van der Waals surface area contributed by atoms with Gasteiger partial charge in [-0.25, -0.2) is 22.5 Å². The highest BCUT2D eigenvalue weighted by Gasteiger charge is 2.20. The van der Waals surface area contributed by atoms with E-state index in [4.69, 9.17) is 0 Å². The van der Waals surface area contributed by atoms with Gasteiger partial charge in [0.05, 0.1) is 18.0 Å². The Bertz CT molecular complexity index is 1390. The summed E-state index contributed by atoms with van der Waals surface area (Å²) in [7, 11) is 0. The van der Waals surface area contributed by atoms with Gasteiger partial charge in [-0.2, -0.15) is 4.98 Å². The number of hydrogen-bond acceptors (Lipinski definition) is 5. The average Bonchev–Trinajstić information content (AvgIpc) is 2.74. The van der Waals surface area contributed by atoms with Gasteiger partial charge in [0, 0.05) is 35.2 Å². The molecule has 2 heterocycles. The van der Waals surface area contributed by atoms with Crippen molar-refractivity contribution >= 4 is 17.0 Å².